The molecule has 1 unspecified atom stereocenters. The highest BCUT2D eigenvalue weighted by Gasteiger charge is 2.37. The van der Waals surface area contributed by atoms with Gasteiger partial charge in [-0.15, -0.1) is 0 Å². The van der Waals surface area contributed by atoms with Crippen molar-refractivity contribution in [3.8, 4) is 0 Å². The van der Waals surface area contributed by atoms with Gasteiger partial charge in [0.2, 0.25) is 0 Å². The fourth-order valence-corrected chi connectivity index (χ4v) is 2.77. The summed E-state index contributed by atoms with van der Waals surface area (Å²) in [6.07, 6.45) is -4.20. The van der Waals surface area contributed by atoms with Crippen molar-refractivity contribution in [2.45, 2.75) is 64.3 Å². The fraction of sp³-hybridized carbons (Fsp3) is 0.867. The lowest BCUT2D eigenvalue weighted by molar-refractivity contribution is -0.142. The van der Waals surface area contributed by atoms with E-state index in [2.05, 4.69) is 10.6 Å². The van der Waals surface area contributed by atoms with Gasteiger partial charge < -0.3 is 15.7 Å². The van der Waals surface area contributed by atoms with Crippen LogP contribution in [0.25, 0.3) is 0 Å². The van der Waals surface area contributed by atoms with Gasteiger partial charge in [-0.2, -0.15) is 13.2 Å². The Morgan fingerprint density at radius 1 is 1.29 bits per heavy atom. The maximum atomic E-state index is 12.5. The third-order valence-electron chi connectivity index (χ3n) is 4.28. The number of nitrogens with zero attached hydrogens (tertiary/aromatic N) is 1. The second-order valence-electron chi connectivity index (χ2n) is 6.57. The number of halogens is 3. The average molecular weight is 353 g/mol. The zero-order valence-electron chi connectivity index (χ0n) is 14.2. The summed E-state index contributed by atoms with van der Waals surface area (Å²) in [5.41, 5.74) is 0. The van der Waals surface area contributed by atoms with Crippen LogP contribution in [0.1, 0.15) is 40.0 Å². The lowest BCUT2D eigenvalue weighted by Crippen LogP contribution is -2.57. The first-order valence-electron chi connectivity index (χ1n) is 8.11. The zero-order chi connectivity index (χ0) is 18.5. The Bertz CT molecular complexity index is 437. The molecular formula is C15H26F3N3O3. The molecule has 0 radical (unpaired) electrons. The number of alkyl halides is 3. The SMILES string of the molecule is CCN(CC(=O)O)C1CC(NC(=O)NC(CC(F)(F)F)C(C)C)C1. The number of urea groups is 1. The molecule has 6 nitrogen and oxygen atoms in total. The summed E-state index contributed by atoms with van der Waals surface area (Å²) in [5.74, 6) is -1.24. The van der Waals surface area contributed by atoms with E-state index in [1.165, 1.54) is 0 Å². The van der Waals surface area contributed by atoms with Crippen LogP contribution >= 0.6 is 0 Å². The van der Waals surface area contributed by atoms with Gasteiger partial charge >= 0.3 is 18.2 Å². The molecule has 0 bridgehead atoms. The van der Waals surface area contributed by atoms with Gasteiger partial charge in [0.15, 0.2) is 0 Å². The molecule has 1 atom stereocenters. The van der Waals surface area contributed by atoms with Crippen LogP contribution in [0, 0.1) is 5.92 Å². The van der Waals surface area contributed by atoms with Gasteiger partial charge in [0.05, 0.1) is 13.0 Å². The maximum absolute atomic E-state index is 12.5. The van der Waals surface area contributed by atoms with Gasteiger partial charge in [-0.05, 0) is 25.3 Å². The summed E-state index contributed by atoms with van der Waals surface area (Å²) in [7, 11) is 0. The number of amides is 2. The van der Waals surface area contributed by atoms with Gasteiger partial charge in [-0.25, -0.2) is 4.79 Å². The van der Waals surface area contributed by atoms with Crippen LogP contribution in [-0.4, -0.2) is 59.4 Å². The molecule has 1 aliphatic rings. The number of likely N-dealkylation sites (N-methyl/N-ethyl adjacent to an activating group) is 1. The molecule has 1 fully saturated rings. The molecule has 0 aromatic heterocycles. The molecule has 0 aromatic carbocycles. The molecule has 1 aliphatic carbocycles. The minimum absolute atomic E-state index is 0.0545. The quantitative estimate of drug-likeness (QED) is 0.625. The Kier molecular flexibility index (Phi) is 7.31. The largest absolute Gasteiger partial charge is 0.480 e. The van der Waals surface area contributed by atoms with Crippen molar-refractivity contribution in [2.24, 2.45) is 5.92 Å². The molecular weight excluding hydrogens is 327 g/mol. The first-order valence-corrected chi connectivity index (χ1v) is 8.11. The second-order valence-corrected chi connectivity index (χ2v) is 6.57. The number of rotatable bonds is 8. The Hall–Kier alpha value is -1.51. The molecule has 140 valence electrons. The minimum Gasteiger partial charge on any atom is -0.480 e. The van der Waals surface area contributed by atoms with Crippen LogP contribution in [0.2, 0.25) is 0 Å². The van der Waals surface area contributed by atoms with Gasteiger partial charge in [0, 0.05) is 18.1 Å². The lowest BCUT2D eigenvalue weighted by Gasteiger charge is -2.42. The summed E-state index contributed by atoms with van der Waals surface area (Å²) in [4.78, 5) is 24.4. The smallest absolute Gasteiger partial charge is 0.391 e. The predicted octanol–water partition coefficient (Wildman–Crippen LogP) is 2.20. The third kappa shape index (κ3) is 6.94. The van der Waals surface area contributed by atoms with Crippen LogP contribution in [0.3, 0.4) is 0 Å². The van der Waals surface area contributed by atoms with E-state index >= 15 is 0 Å². The molecule has 0 spiro atoms. The number of aliphatic carboxylic acids is 1. The van der Waals surface area contributed by atoms with Crippen LogP contribution in [-0.2, 0) is 4.79 Å². The van der Waals surface area contributed by atoms with E-state index in [4.69, 9.17) is 5.11 Å². The number of carboxylic acids is 1. The van der Waals surface area contributed by atoms with E-state index in [9.17, 15) is 22.8 Å². The summed E-state index contributed by atoms with van der Waals surface area (Å²) >= 11 is 0. The first-order chi connectivity index (χ1) is 11.0. The van der Waals surface area contributed by atoms with E-state index < -0.39 is 30.6 Å². The summed E-state index contributed by atoms with van der Waals surface area (Å²) < 4.78 is 37.5. The molecule has 1 saturated carbocycles. The molecule has 0 saturated heterocycles. The summed E-state index contributed by atoms with van der Waals surface area (Å²) in [6.45, 7) is 5.65. The van der Waals surface area contributed by atoms with E-state index in [0.29, 0.717) is 19.4 Å². The molecule has 1 rings (SSSR count). The molecule has 0 aliphatic heterocycles. The number of carbonyl (C=O) groups excluding carboxylic acids is 1. The van der Waals surface area contributed by atoms with Crippen LogP contribution < -0.4 is 10.6 Å². The standard InChI is InChI=1S/C15H26F3N3O3/c1-4-21(8-13(22)23)11-5-10(6-11)19-14(24)20-12(9(2)3)7-15(16,17)18/h9-12H,4-8H2,1-3H3,(H,22,23)(H2,19,20,24). The molecule has 0 aromatic rings. The van der Waals surface area contributed by atoms with E-state index in [0.717, 1.165) is 0 Å². The van der Waals surface area contributed by atoms with Gasteiger partial charge in [0.25, 0.3) is 0 Å². The highest BCUT2D eigenvalue weighted by Crippen LogP contribution is 2.26. The molecule has 0 heterocycles. The van der Waals surface area contributed by atoms with Gasteiger partial charge in [0.1, 0.15) is 0 Å². The van der Waals surface area contributed by atoms with Gasteiger partial charge in [-0.1, -0.05) is 20.8 Å². The first kappa shape index (κ1) is 20.5. The highest BCUT2D eigenvalue weighted by atomic mass is 19.4. The van der Waals surface area contributed by atoms with Gasteiger partial charge in [-0.3, -0.25) is 9.69 Å². The number of nitrogens with one attached hydrogen (secondary N) is 2. The molecule has 24 heavy (non-hydrogen) atoms. The van der Waals surface area contributed by atoms with E-state index in [1.54, 1.807) is 18.7 Å². The van der Waals surface area contributed by atoms with Crippen molar-refractivity contribution in [3.05, 3.63) is 0 Å². The van der Waals surface area contributed by atoms with Crippen molar-refractivity contribution >= 4 is 12.0 Å². The fourth-order valence-electron chi connectivity index (χ4n) is 2.77. The highest BCUT2D eigenvalue weighted by molar-refractivity contribution is 5.74. The van der Waals surface area contributed by atoms with Crippen LogP contribution in [0.5, 0.6) is 0 Å². The predicted molar refractivity (Wildman–Crippen MR) is 82.7 cm³/mol. The van der Waals surface area contributed by atoms with Crippen molar-refractivity contribution in [3.63, 3.8) is 0 Å². The normalized spacial score (nSPS) is 22.2. The molecule has 9 heteroatoms. The monoisotopic (exact) mass is 353 g/mol. The lowest BCUT2D eigenvalue weighted by atomic mass is 9.85. The van der Waals surface area contributed by atoms with Crippen LogP contribution in [0.4, 0.5) is 18.0 Å². The number of carboxylic acid groups (broad SMARTS) is 1. The summed E-state index contributed by atoms with van der Waals surface area (Å²) in [5, 5.41) is 13.9. The molecule has 3 N–H and O–H groups in total. The Balaban J connectivity index is 2.40. The minimum atomic E-state index is -4.33. The number of carbonyl (C=O) groups is 2. The van der Waals surface area contributed by atoms with E-state index in [1.807, 2.05) is 6.92 Å². The van der Waals surface area contributed by atoms with Crippen LogP contribution in [0.15, 0.2) is 0 Å². The number of hydrogen-bond acceptors (Lipinski definition) is 3. The van der Waals surface area contributed by atoms with E-state index in [-0.39, 0.29) is 24.5 Å². The van der Waals surface area contributed by atoms with Crippen molar-refractivity contribution in [2.75, 3.05) is 13.1 Å². The third-order valence-corrected chi connectivity index (χ3v) is 4.28. The maximum Gasteiger partial charge on any atom is 0.391 e. The Labute approximate surface area is 139 Å². The molecule has 2 amide bonds. The Morgan fingerprint density at radius 2 is 1.88 bits per heavy atom. The topological polar surface area (TPSA) is 81.7 Å². The Morgan fingerprint density at radius 3 is 2.29 bits per heavy atom. The van der Waals surface area contributed by atoms with Crippen molar-refractivity contribution in [1.29, 1.82) is 0 Å². The zero-order valence-corrected chi connectivity index (χ0v) is 14.2. The van der Waals surface area contributed by atoms with Crippen molar-refractivity contribution < 1.29 is 27.9 Å². The average Bonchev–Trinajstić information content (AvgIpc) is 2.37. The second kappa shape index (κ2) is 8.55. The summed E-state index contributed by atoms with van der Waals surface area (Å²) in [6, 6.07) is -1.65. The van der Waals surface area contributed by atoms with Crippen molar-refractivity contribution in [1.82, 2.24) is 15.5 Å². The number of hydrogen-bond donors (Lipinski definition) is 3.